The highest BCUT2D eigenvalue weighted by Gasteiger charge is 2.23. The zero-order valence-corrected chi connectivity index (χ0v) is 9.54. The first-order chi connectivity index (χ1) is 8.83. The third-order valence-electron chi connectivity index (χ3n) is 2.70. The molecule has 0 radical (unpaired) electrons. The molecule has 2 aromatic heterocycles. The van der Waals surface area contributed by atoms with E-state index in [2.05, 4.69) is 26.1 Å². The molecule has 8 heteroatoms. The van der Waals surface area contributed by atoms with Gasteiger partial charge in [0.1, 0.15) is 12.4 Å². The summed E-state index contributed by atoms with van der Waals surface area (Å²) in [6, 6.07) is 3.46. The van der Waals surface area contributed by atoms with Crippen molar-refractivity contribution < 1.29 is 9.53 Å². The van der Waals surface area contributed by atoms with Gasteiger partial charge in [0.15, 0.2) is 11.5 Å². The molecule has 0 aromatic carbocycles. The monoisotopic (exact) mass is 248 g/mol. The highest BCUT2D eigenvalue weighted by atomic mass is 16.5. The van der Waals surface area contributed by atoms with E-state index < -0.39 is 0 Å². The van der Waals surface area contributed by atoms with Crippen LogP contribution in [0.5, 0.6) is 0 Å². The van der Waals surface area contributed by atoms with Gasteiger partial charge in [0, 0.05) is 6.61 Å². The van der Waals surface area contributed by atoms with E-state index in [0.29, 0.717) is 18.1 Å². The van der Waals surface area contributed by atoms with Crippen LogP contribution in [0.3, 0.4) is 0 Å². The first-order valence-corrected chi connectivity index (χ1v) is 5.67. The van der Waals surface area contributed by atoms with E-state index in [1.165, 1.54) is 10.8 Å². The molecule has 0 aliphatic carbocycles. The summed E-state index contributed by atoms with van der Waals surface area (Å²) in [4.78, 5) is 11.7. The second-order valence-electron chi connectivity index (χ2n) is 3.97. The Bertz CT molecular complexity index is 562. The number of hydrogen-bond donors (Lipinski definition) is 2. The van der Waals surface area contributed by atoms with Crippen molar-refractivity contribution in [1.82, 2.24) is 25.2 Å². The third kappa shape index (κ3) is 2.09. The number of ether oxygens (including phenoxy) is 1. The summed E-state index contributed by atoms with van der Waals surface area (Å²) in [7, 11) is 0. The van der Waals surface area contributed by atoms with Gasteiger partial charge in [-0.25, -0.2) is 0 Å². The van der Waals surface area contributed by atoms with Crippen molar-refractivity contribution in [3.8, 4) is 0 Å². The minimum atomic E-state index is -0.365. The summed E-state index contributed by atoms with van der Waals surface area (Å²) < 4.78 is 6.78. The van der Waals surface area contributed by atoms with Gasteiger partial charge in [-0.3, -0.25) is 15.6 Å². The van der Waals surface area contributed by atoms with Gasteiger partial charge in [-0.1, -0.05) is 0 Å². The Morgan fingerprint density at radius 3 is 3.28 bits per heavy atom. The highest BCUT2D eigenvalue weighted by molar-refractivity contribution is 5.81. The summed E-state index contributed by atoms with van der Waals surface area (Å²) in [6.07, 6.45) is 2.80. The Labute approximate surface area is 102 Å². The van der Waals surface area contributed by atoms with Crippen LogP contribution in [0, 0.1) is 0 Å². The molecule has 0 saturated carbocycles. The lowest BCUT2D eigenvalue weighted by molar-refractivity contribution is -0.129. The molecular formula is C10H12N6O2. The maximum absolute atomic E-state index is 11.7. The molecule has 94 valence electrons. The predicted octanol–water partition coefficient (Wildman–Crippen LogP) is -0.254. The Kier molecular flexibility index (Phi) is 2.77. The Morgan fingerprint density at radius 2 is 2.44 bits per heavy atom. The molecule has 1 saturated heterocycles. The quantitative estimate of drug-likeness (QED) is 0.727. The molecule has 0 spiro atoms. The number of hydrogen-bond acceptors (Lipinski definition) is 6. The third-order valence-corrected chi connectivity index (χ3v) is 2.70. The molecule has 1 atom stereocenters. The van der Waals surface area contributed by atoms with Crippen LogP contribution in [-0.2, 0) is 9.53 Å². The fourth-order valence-corrected chi connectivity index (χ4v) is 1.79. The van der Waals surface area contributed by atoms with E-state index in [4.69, 9.17) is 4.74 Å². The van der Waals surface area contributed by atoms with Crippen LogP contribution in [0.2, 0.25) is 0 Å². The van der Waals surface area contributed by atoms with E-state index in [9.17, 15) is 4.79 Å². The summed E-state index contributed by atoms with van der Waals surface area (Å²) in [5.74, 6) is 0.326. The number of carbonyl (C=O) groups is 1. The van der Waals surface area contributed by atoms with Crippen LogP contribution in [-0.4, -0.2) is 38.4 Å². The smallest absolute Gasteiger partial charge is 0.267 e. The van der Waals surface area contributed by atoms with Gasteiger partial charge in [-0.2, -0.15) is 4.52 Å². The van der Waals surface area contributed by atoms with Crippen molar-refractivity contribution in [3.63, 3.8) is 0 Å². The van der Waals surface area contributed by atoms with E-state index in [-0.39, 0.29) is 12.0 Å². The fourth-order valence-electron chi connectivity index (χ4n) is 1.79. The topological polar surface area (TPSA) is 93.4 Å². The number of carbonyl (C=O) groups excluding carboxylic acids is 1. The number of hydrazine groups is 1. The van der Waals surface area contributed by atoms with Crippen LogP contribution >= 0.6 is 0 Å². The van der Waals surface area contributed by atoms with Gasteiger partial charge < -0.3 is 4.74 Å². The number of rotatable bonds is 3. The molecule has 1 fully saturated rings. The maximum atomic E-state index is 11.7. The standard InChI is InChI=1S/C10H12N6O2/c17-10(7-2-1-5-18-7)14-12-8-3-4-9-13-11-6-16(9)15-8/h3-4,6-7H,1-2,5H2,(H,12,15)(H,14,17). The van der Waals surface area contributed by atoms with Crippen LogP contribution in [0.1, 0.15) is 12.8 Å². The van der Waals surface area contributed by atoms with E-state index in [1.54, 1.807) is 12.1 Å². The SMILES string of the molecule is O=C(NNc1ccc2nncn2n1)C1CCCO1. The van der Waals surface area contributed by atoms with Crippen molar-refractivity contribution in [2.24, 2.45) is 0 Å². The van der Waals surface area contributed by atoms with E-state index in [0.717, 1.165) is 12.8 Å². The fraction of sp³-hybridized carbons (Fsp3) is 0.400. The average Bonchev–Trinajstić information content (AvgIpc) is 3.05. The van der Waals surface area contributed by atoms with Crippen LogP contribution in [0.15, 0.2) is 18.5 Å². The summed E-state index contributed by atoms with van der Waals surface area (Å²) >= 11 is 0. The molecule has 1 unspecified atom stereocenters. The molecule has 2 aromatic rings. The summed E-state index contributed by atoms with van der Waals surface area (Å²) in [6.45, 7) is 0.642. The van der Waals surface area contributed by atoms with Crippen molar-refractivity contribution in [2.75, 3.05) is 12.0 Å². The summed E-state index contributed by atoms with van der Waals surface area (Å²) in [5, 5.41) is 11.7. The largest absolute Gasteiger partial charge is 0.368 e. The average molecular weight is 248 g/mol. The van der Waals surface area contributed by atoms with Crippen molar-refractivity contribution in [2.45, 2.75) is 18.9 Å². The molecule has 3 heterocycles. The van der Waals surface area contributed by atoms with Crippen LogP contribution in [0.25, 0.3) is 5.65 Å². The number of nitrogens with one attached hydrogen (secondary N) is 2. The van der Waals surface area contributed by atoms with Crippen LogP contribution in [0.4, 0.5) is 5.82 Å². The van der Waals surface area contributed by atoms with Gasteiger partial charge in [-0.15, -0.1) is 15.3 Å². The normalized spacial score (nSPS) is 19.0. The van der Waals surface area contributed by atoms with Gasteiger partial charge in [0.25, 0.3) is 5.91 Å². The Morgan fingerprint density at radius 1 is 1.50 bits per heavy atom. The van der Waals surface area contributed by atoms with Crippen molar-refractivity contribution >= 4 is 17.4 Å². The molecule has 8 nitrogen and oxygen atoms in total. The molecule has 1 aliphatic rings. The minimum Gasteiger partial charge on any atom is -0.368 e. The molecule has 1 aliphatic heterocycles. The van der Waals surface area contributed by atoms with Crippen LogP contribution < -0.4 is 10.9 Å². The van der Waals surface area contributed by atoms with Gasteiger partial charge in [0.05, 0.1) is 0 Å². The second-order valence-corrected chi connectivity index (χ2v) is 3.97. The molecule has 1 amide bonds. The van der Waals surface area contributed by atoms with Gasteiger partial charge in [-0.05, 0) is 25.0 Å². The number of amides is 1. The van der Waals surface area contributed by atoms with E-state index in [1.807, 2.05) is 0 Å². The Balaban J connectivity index is 1.63. The van der Waals surface area contributed by atoms with Gasteiger partial charge in [0.2, 0.25) is 0 Å². The molecule has 3 rings (SSSR count). The lowest BCUT2D eigenvalue weighted by Crippen LogP contribution is -2.38. The maximum Gasteiger partial charge on any atom is 0.267 e. The lowest BCUT2D eigenvalue weighted by atomic mass is 10.2. The Hall–Kier alpha value is -2.22. The first-order valence-electron chi connectivity index (χ1n) is 5.67. The first kappa shape index (κ1) is 10.9. The zero-order chi connectivity index (χ0) is 12.4. The van der Waals surface area contributed by atoms with Crippen molar-refractivity contribution in [3.05, 3.63) is 18.5 Å². The van der Waals surface area contributed by atoms with Gasteiger partial charge >= 0.3 is 0 Å². The number of fused-ring (bicyclic) bond motifs is 1. The molecule has 2 N–H and O–H groups in total. The van der Waals surface area contributed by atoms with E-state index >= 15 is 0 Å². The summed E-state index contributed by atoms with van der Waals surface area (Å²) in [5.41, 5.74) is 5.95. The minimum absolute atomic E-state index is 0.182. The second kappa shape index (κ2) is 4.57. The number of anilines is 1. The zero-order valence-electron chi connectivity index (χ0n) is 9.54. The van der Waals surface area contributed by atoms with Crippen molar-refractivity contribution in [1.29, 1.82) is 0 Å². The molecule has 18 heavy (non-hydrogen) atoms. The highest BCUT2D eigenvalue weighted by Crippen LogP contribution is 2.11. The predicted molar refractivity (Wildman–Crippen MR) is 61.5 cm³/mol. The molecule has 0 bridgehead atoms. The number of aromatic nitrogens is 4. The molecular weight excluding hydrogens is 236 g/mol. The number of nitrogens with zero attached hydrogens (tertiary/aromatic N) is 4. The lowest BCUT2D eigenvalue weighted by Gasteiger charge is -2.11.